The second-order valence-corrected chi connectivity index (χ2v) is 5.15. The van der Waals surface area contributed by atoms with Crippen molar-refractivity contribution in [2.45, 2.75) is 13.5 Å². The minimum Gasteiger partial charge on any atom is -0.316 e. The van der Waals surface area contributed by atoms with E-state index in [0.29, 0.717) is 6.54 Å². The van der Waals surface area contributed by atoms with Crippen molar-refractivity contribution in [1.82, 2.24) is 5.32 Å². The Morgan fingerprint density at radius 2 is 1.88 bits per heavy atom. The fourth-order valence-electron chi connectivity index (χ4n) is 1.73. The number of hydrogen-bond acceptors (Lipinski definition) is 2. The van der Waals surface area contributed by atoms with Crippen LogP contribution in [0.5, 0.6) is 0 Å². The fraction of sp³-hybridized carbons (Fsp3) is 0.231. The van der Waals surface area contributed by atoms with Gasteiger partial charge >= 0.3 is 0 Å². The Hall–Kier alpha value is -1.26. The SMILES string of the molecule is CNCc1cc(F)c(F)cc1-c1ccc(C)s1. The number of halogens is 2. The van der Waals surface area contributed by atoms with Crippen LogP contribution in [0.1, 0.15) is 10.4 Å². The molecule has 0 aliphatic carbocycles. The summed E-state index contributed by atoms with van der Waals surface area (Å²) in [6.07, 6.45) is 0. The molecule has 90 valence electrons. The van der Waals surface area contributed by atoms with Crippen LogP contribution in [-0.2, 0) is 6.54 Å². The lowest BCUT2D eigenvalue weighted by molar-refractivity contribution is 0.507. The molecule has 1 heterocycles. The van der Waals surface area contributed by atoms with Gasteiger partial charge in [0.25, 0.3) is 0 Å². The van der Waals surface area contributed by atoms with E-state index in [4.69, 9.17) is 0 Å². The van der Waals surface area contributed by atoms with Gasteiger partial charge in [0, 0.05) is 16.3 Å². The Balaban J connectivity index is 2.54. The lowest BCUT2D eigenvalue weighted by Crippen LogP contribution is -2.07. The summed E-state index contributed by atoms with van der Waals surface area (Å²) in [5.41, 5.74) is 1.53. The van der Waals surface area contributed by atoms with E-state index in [0.717, 1.165) is 20.9 Å². The molecule has 1 N–H and O–H groups in total. The molecule has 1 aromatic carbocycles. The third-order valence-corrected chi connectivity index (χ3v) is 3.55. The molecule has 0 aliphatic heterocycles. The first kappa shape index (κ1) is 12.2. The Bertz CT molecular complexity index is 534. The number of hydrogen-bond donors (Lipinski definition) is 1. The topological polar surface area (TPSA) is 12.0 Å². The molecule has 0 saturated carbocycles. The number of rotatable bonds is 3. The zero-order chi connectivity index (χ0) is 12.4. The van der Waals surface area contributed by atoms with Crippen molar-refractivity contribution in [1.29, 1.82) is 0 Å². The molecule has 0 fully saturated rings. The Morgan fingerprint density at radius 1 is 1.18 bits per heavy atom. The molecule has 1 nitrogen and oxygen atoms in total. The highest BCUT2D eigenvalue weighted by atomic mass is 32.1. The molecule has 0 aliphatic rings. The van der Waals surface area contributed by atoms with Crippen molar-refractivity contribution in [3.63, 3.8) is 0 Å². The van der Waals surface area contributed by atoms with E-state index in [2.05, 4.69) is 5.32 Å². The number of aryl methyl sites for hydroxylation is 1. The largest absolute Gasteiger partial charge is 0.316 e. The average Bonchev–Trinajstić information content (AvgIpc) is 2.70. The summed E-state index contributed by atoms with van der Waals surface area (Å²) in [6.45, 7) is 2.51. The first-order valence-corrected chi connectivity index (χ1v) is 6.13. The van der Waals surface area contributed by atoms with Crippen LogP contribution in [0.3, 0.4) is 0 Å². The number of benzene rings is 1. The van der Waals surface area contributed by atoms with Crippen molar-refractivity contribution in [3.05, 3.63) is 46.3 Å². The molecule has 17 heavy (non-hydrogen) atoms. The van der Waals surface area contributed by atoms with E-state index in [1.165, 1.54) is 12.1 Å². The second kappa shape index (κ2) is 4.94. The average molecular weight is 253 g/mol. The zero-order valence-electron chi connectivity index (χ0n) is 9.68. The van der Waals surface area contributed by atoms with E-state index in [9.17, 15) is 8.78 Å². The summed E-state index contributed by atoms with van der Waals surface area (Å²) in [5, 5.41) is 2.96. The summed E-state index contributed by atoms with van der Waals surface area (Å²) in [6, 6.07) is 6.44. The first-order chi connectivity index (χ1) is 8.11. The predicted molar refractivity (Wildman–Crippen MR) is 67.2 cm³/mol. The lowest BCUT2D eigenvalue weighted by atomic mass is 10.1. The smallest absolute Gasteiger partial charge is 0.159 e. The summed E-state index contributed by atoms with van der Waals surface area (Å²) in [7, 11) is 1.78. The molecule has 1 aromatic heterocycles. The molecule has 2 rings (SSSR count). The van der Waals surface area contributed by atoms with Crippen LogP contribution < -0.4 is 5.32 Å². The van der Waals surface area contributed by atoms with E-state index >= 15 is 0 Å². The molecule has 2 aromatic rings. The molecule has 0 amide bonds. The van der Waals surface area contributed by atoms with Crippen LogP contribution in [0.4, 0.5) is 8.78 Å². The van der Waals surface area contributed by atoms with E-state index in [1.807, 2.05) is 19.1 Å². The highest BCUT2D eigenvalue weighted by Gasteiger charge is 2.12. The Morgan fingerprint density at radius 3 is 2.47 bits per heavy atom. The summed E-state index contributed by atoms with van der Waals surface area (Å²) < 4.78 is 26.5. The molecule has 4 heteroatoms. The highest BCUT2D eigenvalue weighted by molar-refractivity contribution is 7.15. The maximum Gasteiger partial charge on any atom is 0.159 e. The fourth-order valence-corrected chi connectivity index (χ4v) is 2.65. The molecule has 0 unspecified atom stereocenters. The van der Waals surface area contributed by atoms with Gasteiger partial charge in [-0.2, -0.15) is 0 Å². The molecule has 0 radical (unpaired) electrons. The van der Waals surface area contributed by atoms with Crippen molar-refractivity contribution in [2.24, 2.45) is 0 Å². The van der Waals surface area contributed by atoms with Crippen LogP contribution in [0.25, 0.3) is 10.4 Å². The normalized spacial score (nSPS) is 10.8. The quantitative estimate of drug-likeness (QED) is 0.879. The minimum atomic E-state index is -0.800. The Kier molecular flexibility index (Phi) is 3.54. The van der Waals surface area contributed by atoms with Gasteiger partial charge in [0.15, 0.2) is 11.6 Å². The highest BCUT2D eigenvalue weighted by Crippen LogP contribution is 2.31. The molecule has 0 saturated heterocycles. The van der Waals surface area contributed by atoms with Crippen LogP contribution >= 0.6 is 11.3 Å². The number of nitrogens with one attached hydrogen (secondary N) is 1. The monoisotopic (exact) mass is 253 g/mol. The summed E-state index contributed by atoms with van der Waals surface area (Å²) >= 11 is 1.58. The van der Waals surface area contributed by atoms with Gasteiger partial charge in [0.2, 0.25) is 0 Å². The molecular formula is C13H13F2NS. The van der Waals surface area contributed by atoms with Gasteiger partial charge in [-0.3, -0.25) is 0 Å². The van der Waals surface area contributed by atoms with Gasteiger partial charge in [0.05, 0.1) is 0 Å². The third-order valence-electron chi connectivity index (χ3n) is 2.52. The van der Waals surface area contributed by atoms with Gasteiger partial charge in [0.1, 0.15) is 0 Å². The van der Waals surface area contributed by atoms with Crippen molar-refractivity contribution in [3.8, 4) is 10.4 Å². The standard InChI is InChI=1S/C13H13F2NS/c1-8-3-4-13(17-8)10-6-12(15)11(14)5-9(10)7-16-2/h3-6,16H,7H2,1-2H3. The predicted octanol–water partition coefficient (Wildman–Crippen LogP) is 3.72. The van der Waals surface area contributed by atoms with Gasteiger partial charge in [-0.15, -0.1) is 11.3 Å². The Labute approximate surface area is 103 Å². The van der Waals surface area contributed by atoms with E-state index < -0.39 is 11.6 Å². The van der Waals surface area contributed by atoms with Crippen molar-refractivity contribution < 1.29 is 8.78 Å². The van der Waals surface area contributed by atoms with Crippen LogP contribution in [-0.4, -0.2) is 7.05 Å². The van der Waals surface area contributed by atoms with Crippen LogP contribution in [0, 0.1) is 18.6 Å². The third kappa shape index (κ3) is 2.53. The van der Waals surface area contributed by atoms with Crippen LogP contribution in [0.2, 0.25) is 0 Å². The molecule has 0 bridgehead atoms. The molecule has 0 atom stereocenters. The van der Waals surface area contributed by atoms with E-state index in [1.54, 1.807) is 18.4 Å². The molecule has 0 spiro atoms. The van der Waals surface area contributed by atoms with Gasteiger partial charge < -0.3 is 5.32 Å². The van der Waals surface area contributed by atoms with Gasteiger partial charge in [-0.25, -0.2) is 8.78 Å². The van der Waals surface area contributed by atoms with Crippen molar-refractivity contribution >= 4 is 11.3 Å². The lowest BCUT2D eigenvalue weighted by Gasteiger charge is -2.08. The minimum absolute atomic E-state index is 0.517. The zero-order valence-corrected chi connectivity index (χ0v) is 10.5. The second-order valence-electron chi connectivity index (χ2n) is 3.86. The summed E-state index contributed by atoms with van der Waals surface area (Å²) in [4.78, 5) is 2.12. The maximum absolute atomic E-state index is 13.3. The van der Waals surface area contributed by atoms with Gasteiger partial charge in [-0.05, 0) is 49.4 Å². The van der Waals surface area contributed by atoms with Crippen LogP contribution in [0.15, 0.2) is 24.3 Å². The first-order valence-electron chi connectivity index (χ1n) is 5.31. The van der Waals surface area contributed by atoms with Crippen molar-refractivity contribution in [2.75, 3.05) is 7.05 Å². The summed E-state index contributed by atoms with van der Waals surface area (Å²) in [5.74, 6) is -1.60. The van der Waals surface area contributed by atoms with E-state index in [-0.39, 0.29) is 0 Å². The number of thiophene rings is 1. The molecular weight excluding hydrogens is 240 g/mol. The van der Waals surface area contributed by atoms with Gasteiger partial charge in [-0.1, -0.05) is 0 Å². The maximum atomic E-state index is 13.3.